The summed E-state index contributed by atoms with van der Waals surface area (Å²) in [6.45, 7) is 10.6. The van der Waals surface area contributed by atoms with Gasteiger partial charge >= 0.3 is 0 Å². The summed E-state index contributed by atoms with van der Waals surface area (Å²) in [6.07, 6.45) is 10.8. The van der Waals surface area contributed by atoms with Crippen LogP contribution in [-0.4, -0.2) is 37.1 Å². The number of nitrogens with zero attached hydrogens (tertiary/aromatic N) is 1. The largest absolute Gasteiger partial charge is 0.312 e. The minimum absolute atomic E-state index is 0.318. The van der Waals surface area contributed by atoms with Gasteiger partial charge in [-0.05, 0) is 64.6 Å². The lowest BCUT2D eigenvalue weighted by Crippen LogP contribution is -2.61. The van der Waals surface area contributed by atoms with Gasteiger partial charge in [-0.1, -0.05) is 47.0 Å². The molecule has 2 heteroatoms. The fourth-order valence-corrected chi connectivity index (χ4v) is 4.63. The van der Waals surface area contributed by atoms with Crippen LogP contribution < -0.4 is 5.32 Å². The molecule has 0 aliphatic heterocycles. The van der Waals surface area contributed by atoms with E-state index in [-0.39, 0.29) is 0 Å². The van der Waals surface area contributed by atoms with Gasteiger partial charge in [-0.25, -0.2) is 0 Å². The molecule has 0 radical (unpaired) electrons. The first-order chi connectivity index (χ1) is 10.1. The third kappa shape index (κ3) is 4.45. The molecule has 0 spiro atoms. The average molecular weight is 297 g/mol. The molecule has 1 aliphatic rings. The van der Waals surface area contributed by atoms with Gasteiger partial charge in [0.05, 0.1) is 0 Å². The van der Waals surface area contributed by atoms with E-state index in [1.807, 2.05) is 0 Å². The Morgan fingerprint density at radius 1 is 1.00 bits per heavy atom. The fraction of sp³-hybridized carbons (Fsp3) is 1.00. The number of likely N-dealkylation sites (N-methyl/N-ethyl adjacent to an activating group) is 1. The van der Waals surface area contributed by atoms with E-state index in [1.165, 1.54) is 51.4 Å². The summed E-state index contributed by atoms with van der Waals surface area (Å²) in [5, 5.41) is 3.95. The normalized spacial score (nSPS) is 25.3. The lowest BCUT2D eigenvalue weighted by molar-refractivity contribution is 0.0431. The maximum absolute atomic E-state index is 3.95. The maximum atomic E-state index is 3.95. The van der Waals surface area contributed by atoms with Crippen LogP contribution in [0.15, 0.2) is 0 Å². The van der Waals surface area contributed by atoms with E-state index < -0.39 is 0 Å². The molecule has 0 heterocycles. The smallest absolute Gasteiger partial charge is 0.0353 e. The van der Waals surface area contributed by atoms with Crippen LogP contribution in [0.25, 0.3) is 0 Å². The molecule has 1 atom stereocenters. The summed E-state index contributed by atoms with van der Waals surface area (Å²) < 4.78 is 0. The minimum atomic E-state index is 0.318. The molecule has 1 rings (SSSR count). The van der Waals surface area contributed by atoms with Gasteiger partial charge < -0.3 is 10.2 Å². The zero-order chi connectivity index (χ0) is 15.9. The van der Waals surface area contributed by atoms with Gasteiger partial charge in [-0.2, -0.15) is 0 Å². The van der Waals surface area contributed by atoms with Crippen molar-refractivity contribution in [2.24, 2.45) is 11.8 Å². The van der Waals surface area contributed by atoms with Crippen molar-refractivity contribution >= 4 is 0 Å². The number of hydrogen-bond donors (Lipinski definition) is 1. The van der Waals surface area contributed by atoms with E-state index in [4.69, 9.17) is 0 Å². The highest BCUT2D eigenvalue weighted by Gasteiger charge is 2.42. The maximum Gasteiger partial charge on any atom is 0.0353 e. The average Bonchev–Trinajstić information content (AvgIpc) is 2.51. The number of rotatable bonds is 9. The van der Waals surface area contributed by atoms with E-state index in [9.17, 15) is 0 Å². The molecule has 126 valence electrons. The summed E-state index contributed by atoms with van der Waals surface area (Å²) in [4.78, 5) is 2.51. The van der Waals surface area contributed by atoms with E-state index >= 15 is 0 Å². The summed E-state index contributed by atoms with van der Waals surface area (Å²) in [5.41, 5.74) is 0.318. The van der Waals surface area contributed by atoms with Gasteiger partial charge in [0.2, 0.25) is 0 Å². The molecule has 1 saturated carbocycles. The molecular weight excluding hydrogens is 256 g/mol. The van der Waals surface area contributed by atoms with Gasteiger partial charge in [0.15, 0.2) is 0 Å². The zero-order valence-electron chi connectivity index (χ0n) is 15.5. The molecule has 0 bridgehead atoms. The SMILES string of the molecule is CCCNC(C1CCC(CC)CC1)C(CC)(CC)N(C)C. The Balaban J connectivity index is 2.88. The lowest BCUT2D eigenvalue weighted by Gasteiger charge is -2.50. The molecule has 0 amide bonds. The molecule has 0 aromatic rings. The first-order valence-electron chi connectivity index (χ1n) is 9.46. The summed E-state index contributed by atoms with van der Waals surface area (Å²) >= 11 is 0. The van der Waals surface area contributed by atoms with E-state index in [2.05, 4.69) is 52.0 Å². The highest BCUT2D eigenvalue weighted by atomic mass is 15.2. The fourth-order valence-electron chi connectivity index (χ4n) is 4.63. The van der Waals surface area contributed by atoms with Crippen molar-refractivity contribution in [1.82, 2.24) is 10.2 Å². The van der Waals surface area contributed by atoms with Crippen molar-refractivity contribution in [3.63, 3.8) is 0 Å². The van der Waals surface area contributed by atoms with Crippen LogP contribution in [0.2, 0.25) is 0 Å². The van der Waals surface area contributed by atoms with Crippen LogP contribution in [0.4, 0.5) is 0 Å². The van der Waals surface area contributed by atoms with Crippen molar-refractivity contribution in [3.05, 3.63) is 0 Å². The van der Waals surface area contributed by atoms with Crippen LogP contribution in [0.1, 0.15) is 79.1 Å². The second-order valence-electron chi connectivity index (χ2n) is 7.33. The van der Waals surface area contributed by atoms with Crippen molar-refractivity contribution in [1.29, 1.82) is 0 Å². The molecule has 21 heavy (non-hydrogen) atoms. The molecule has 1 N–H and O–H groups in total. The van der Waals surface area contributed by atoms with Crippen LogP contribution in [0.5, 0.6) is 0 Å². The van der Waals surface area contributed by atoms with E-state index in [0.717, 1.165) is 18.4 Å². The Kier molecular flexibility index (Phi) is 8.26. The monoisotopic (exact) mass is 296 g/mol. The number of nitrogens with one attached hydrogen (secondary N) is 1. The van der Waals surface area contributed by atoms with Gasteiger partial charge in [-0.15, -0.1) is 0 Å². The van der Waals surface area contributed by atoms with Crippen LogP contribution in [0, 0.1) is 11.8 Å². The first kappa shape index (κ1) is 19.0. The summed E-state index contributed by atoms with van der Waals surface area (Å²) in [5.74, 6) is 1.85. The van der Waals surface area contributed by atoms with Crippen LogP contribution in [0.3, 0.4) is 0 Å². The van der Waals surface area contributed by atoms with Crippen molar-refractivity contribution < 1.29 is 0 Å². The van der Waals surface area contributed by atoms with Crippen molar-refractivity contribution in [2.45, 2.75) is 90.6 Å². The molecule has 2 nitrogen and oxygen atoms in total. The Morgan fingerprint density at radius 2 is 1.57 bits per heavy atom. The van der Waals surface area contributed by atoms with Gasteiger partial charge in [-0.3, -0.25) is 0 Å². The van der Waals surface area contributed by atoms with Gasteiger partial charge in [0, 0.05) is 11.6 Å². The van der Waals surface area contributed by atoms with Crippen molar-refractivity contribution in [2.75, 3.05) is 20.6 Å². The molecule has 1 aliphatic carbocycles. The Hall–Kier alpha value is -0.0800. The topological polar surface area (TPSA) is 15.3 Å². The van der Waals surface area contributed by atoms with Gasteiger partial charge in [0.1, 0.15) is 0 Å². The Bertz CT molecular complexity index is 263. The quantitative estimate of drug-likeness (QED) is 0.664. The third-order valence-corrected chi connectivity index (χ3v) is 6.25. The third-order valence-electron chi connectivity index (χ3n) is 6.25. The van der Waals surface area contributed by atoms with Crippen LogP contribution >= 0.6 is 0 Å². The predicted molar refractivity (Wildman–Crippen MR) is 94.8 cm³/mol. The standard InChI is InChI=1S/C19H40N2/c1-7-15-20-18(19(9-3,10-4)21(5)6)17-13-11-16(8-2)12-14-17/h16-18,20H,7-15H2,1-6H3. The Labute approximate surface area is 134 Å². The molecule has 0 saturated heterocycles. The van der Waals surface area contributed by atoms with E-state index in [0.29, 0.717) is 11.6 Å². The lowest BCUT2D eigenvalue weighted by atomic mass is 9.69. The van der Waals surface area contributed by atoms with E-state index in [1.54, 1.807) is 0 Å². The number of hydrogen-bond acceptors (Lipinski definition) is 2. The van der Waals surface area contributed by atoms with Gasteiger partial charge in [0.25, 0.3) is 0 Å². The molecule has 1 fully saturated rings. The van der Waals surface area contributed by atoms with Crippen LogP contribution in [-0.2, 0) is 0 Å². The first-order valence-corrected chi connectivity index (χ1v) is 9.46. The molecular formula is C19H40N2. The minimum Gasteiger partial charge on any atom is -0.312 e. The molecule has 0 aromatic carbocycles. The highest BCUT2D eigenvalue weighted by molar-refractivity contribution is 5.01. The Morgan fingerprint density at radius 3 is 1.95 bits per heavy atom. The second kappa shape index (κ2) is 9.15. The second-order valence-corrected chi connectivity index (χ2v) is 7.33. The zero-order valence-corrected chi connectivity index (χ0v) is 15.5. The summed E-state index contributed by atoms with van der Waals surface area (Å²) in [7, 11) is 4.57. The molecule has 1 unspecified atom stereocenters. The molecule has 0 aromatic heterocycles. The predicted octanol–water partition coefficient (Wildman–Crippen LogP) is 4.69. The summed E-state index contributed by atoms with van der Waals surface area (Å²) in [6, 6.07) is 0.653. The highest BCUT2D eigenvalue weighted by Crippen LogP contribution is 2.39. The van der Waals surface area contributed by atoms with Crippen molar-refractivity contribution in [3.8, 4) is 0 Å².